The number of nitro groups is 1. The first kappa shape index (κ1) is 28.1. The Morgan fingerprint density at radius 3 is 2.79 bits per heavy atom. The molecule has 16 nitrogen and oxygen atoms in total. The monoisotopic (exact) mass is 598 g/mol. The fraction of sp³-hybridized carbons (Fsp3) is 0.423. The molecule has 2 amide bonds. The minimum absolute atomic E-state index is 0.0268. The van der Waals surface area contributed by atoms with Crippen LogP contribution in [0.25, 0.3) is 11.1 Å². The molecule has 0 saturated carbocycles. The van der Waals surface area contributed by atoms with E-state index in [2.05, 4.69) is 20.3 Å². The number of amides is 2. The van der Waals surface area contributed by atoms with Crippen LogP contribution in [0.5, 0.6) is 12.0 Å². The molecular weight excluding hydrogens is 571 g/mol. The number of carbonyl (C=O) groups is 2. The Morgan fingerprint density at radius 2 is 2.05 bits per heavy atom. The summed E-state index contributed by atoms with van der Waals surface area (Å²) in [4.78, 5) is 50.1. The van der Waals surface area contributed by atoms with Crippen LogP contribution in [-0.4, -0.2) is 94.7 Å². The molecule has 0 bridgehead atoms. The standard InChI is InChI=1S/C26H27FN8O8/c1-15(36)28-9-17-12-34(26(37)43-17)16-2-3-19(21(27)8-16)20-10-29-24(31-23(20)32-4-6-40-7-5-32)42-18-11-33-13-22(35(38)39)30-25(33)41-14-18/h2-3,8,10,13,17-18H,4-7,9,11-12,14H2,1H3,(H,28,36). The highest BCUT2D eigenvalue weighted by molar-refractivity contribution is 5.90. The van der Waals surface area contributed by atoms with Crippen molar-refractivity contribution in [2.75, 3.05) is 55.8 Å². The van der Waals surface area contributed by atoms with Gasteiger partial charge in [-0.05, 0) is 23.1 Å². The van der Waals surface area contributed by atoms with Crippen LogP contribution >= 0.6 is 0 Å². The fourth-order valence-corrected chi connectivity index (χ4v) is 4.99. The third-order valence-corrected chi connectivity index (χ3v) is 7.05. The van der Waals surface area contributed by atoms with Gasteiger partial charge in [0.25, 0.3) is 0 Å². The van der Waals surface area contributed by atoms with Crippen molar-refractivity contribution < 1.29 is 37.9 Å². The average molecular weight is 599 g/mol. The summed E-state index contributed by atoms with van der Waals surface area (Å²) in [5.41, 5.74) is 0.940. The number of ether oxygens (including phenoxy) is 4. The van der Waals surface area contributed by atoms with Crippen molar-refractivity contribution in [2.45, 2.75) is 25.7 Å². The molecule has 1 aromatic carbocycles. The normalized spacial score (nSPS) is 19.8. The first-order valence-corrected chi connectivity index (χ1v) is 13.5. The maximum absolute atomic E-state index is 15.6. The van der Waals surface area contributed by atoms with Crippen molar-refractivity contribution in [2.24, 2.45) is 0 Å². The molecule has 6 rings (SSSR count). The summed E-state index contributed by atoms with van der Waals surface area (Å²) in [6.45, 7) is 3.91. The number of halogens is 1. The Bertz CT molecular complexity index is 1560. The van der Waals surface area contributed by atoms with E-state index < -0.39 is 29.0 Å². The number of rotatable bonds is 8. The molecule has 2 fully saturated rings. The van der Waals surface area contributed by atoms with Gasteiger partial charge in [-0.15, -0.1) is 0 Å². The zero-order valence-corrected chi connectivity index (χ0v) is 23.0. The van der Waals surface area contributed by atoms with Gasteiger partial charge in [0.2, 0.25) is 5.91 Å². The maximum atomic E-state index is 15.6. The highest BCUT2D eigenvalue weighted by Crippen LogP contribution is 2.35. The van der Waals surface area contributed by atoms with E-state index in [0.717, 1.165) is 0 Å². The van der Waals surface area contributed by atoms with Crippen LogP contribution in [0.2, 0.25) is 0 Å². The van der Waals surface area contributed by atoms with E-state index in [-0.39, 0.29) is 55.6 Å². The third-order valence-electron chi connectivity index (χ3n) is 7.05. The number of benzene rings is 1. The Balaban J connectivity index is 1.23. The molecule has 3 aliphatic heterocycles. The average Bonchev–Trinajstić information content (AvgIpc) is 3.60. The second kappa shape index (κ2) is 11.7. The molecule has 43 heavy (non-hydrogen) atoms. The van der Waals surface area contributed by atoms with Crippen LogP contribution in [0.4, 0.5) is 26.5 Å². The fourth-order valence-electron chi connectivity index (χ4n) is 4.99. The van der Waals surface area contributed by atoms with Crippen molar-refractivity contribution in [3.63, 3.8) is 0 Å². The van der Waals surface area contributed by atoms with E-state index in [0.29, 0.717) is 43.4 Å². The topological polar surface area (TPSA) is 176 Å². The summed E-state index contributed by atoms with van der Waals surface area (Å²) in [5, 5.41) is 13.7. The smallest absolute Gasteiger partial charge is 0.414 e. The van der Waals surface area contributed by atoms with Gasteiger partial charge in [0, 0.05) is 42.3 Å². The molecule has 3 aliphatic rings. The van der Waals surface area contributed by atoms with Crippen molar-refractivity contribution in [3.05, 3.63) is 46.5 Å². The number of imidazole rings is 1. The lowest BCUT2D eigenvalue weighted by atomic mass is 10.1. The molecule has 0 radical (unpaired) electrons. The van der Waals surface area contributed by atoms with Gasteiger partial charge in [0.1, 0.15) is 30.5 Å². The van der Waals surface area contributed by atoms with Crippen molar-refractivity contribution in [1.82, 2.24) is 24.8 Å². The third kappa shape index (κ3) is 5.97. The molecule has 5 heterocycles. The van der Waals surface area contributed by atoms with Crippen LogP contribution in [0.1, 0.15) is 6.92 Å². The number of anilines is 2. The van der Waals surface area contributed by atoms with E-state index in [1.54, 1.807) is 12.1 Å². The largest absolute Gasteiger partial charge is 0.455 e. The first-order valence-electron chi connectivity index (χ1n) is 13.5. The molecule has 17 heteroatoms. The number of hydrogen-bond acceptors (Lipinski definition) is 12. The van der Waals surface area contributed by atoms with Gasteiger partial charge in [-0.25, -0.2) is 14.2 Å². The highest BCUT2D eigenvalue weighted by atomic mass is 19.1. The Morgan fingerprint density at radius 1 is 1.23 bits per heavy atom. The summed E-state index contributed by atoms with van der Waals surface area (Å²) >= 11 is 0. The van der Waals surface area contributed by atoms with E-state index in [1.165, 1.54) is 34.9 Å². The zero-order chi connectivity index (χ0) is 30.1. The SMILES string of the molecule is CC(=O)NCC1CN(c2ccc(-c3cnc(OC4COc5nc([N+](=O)[O-])cn5C4)nc3N3CCOCC3)c(F)c2)C(=O)O1. The van der Waals surface area contributed by atoms with Crippen LogP contribution in [0.15, 0.2) is 30.6 Å². The number of cyclic esters (lactones) is 1. The van der Waals surface area contributed by atoms with Crippen LogP contribution in [0.3, 0.4) is 0 Å². The Kier molecular flexibility index (Phi) is 7.62. The predicted molar refractivity (Wildman–Crippen MR) is 146 cm³/mol. The van der Waals surface area contributed by atoms with Gasteiger partial charge in [0.05, 0.1) is 38.5 Å². The molecule has 2 aromatic heterocycles. The number of aromatic nitrogens is 4. The van der Waals surface area contributed by atoms with E-state index >= 15 is 4.39 Å². The minimum atomic E-state index is -0.634. The number of nitrogens with one attached hydrogen (secondary N) is 1. The van der Waals surface area contributed by atoms with Crippen molar-refractivity contribution >= 4 is 29.3 Å². The molecule has 2 saturated heterocycles. The summed E-state index contributed by atoms with van der Waals surface area (Å²) < 4.78 is 39.4. The van der Waals surface area contributed by atoms with Crippen LogP contribution in [-0.2, 0) is 20.8 Å². The zero-order valence-electron chi connectivity index (χ0n) is 23.0. The predicted octanol–water partition coefficient (Wildman–Crippen LogP) is 1.53. The van der Waals surface area contributed by atoms with Crippen LogP contribution < -0.4 is 24.6 Å². The van der Waals surface area contributed by atoms with E-state index in [9.17, 15) is 19.7 Å². The second-order valence-electron chi connectivity index (χ2n) is 10.0. The maximum Gasteiger partial charge on any atom is 0.414 e. The van der Waals surface area contributed by atoms with Gasteiger partial charge in [-0.2, -0.15) is 4.98 Å². The molecule has 226 valence electrons. The molecular formula is C26H27FN8O8. The summed E-state index contributed by atoms with van der Waals surface area (Å²) in [5.74, 6) is -0.737. The lowest BCUT2D eigenvalue weighted by Crippen LogP contribution is -2.38. The van der Waals surface area contributed by atoms with Gasteiger partial charge < -0.3 is 39.3 Å². The minimum Gasteiger partial charge on any atom is -0.455 e. The molecule has 1 N–H and O–H groups in total. The summed E-state index contributed by atoms with van der Waals surface area (Å²) in [7, 11) is 0. The van der Waals surface area contributed by atoms with Gasteiger partial charge in [-0.1, -0.05) is 0 Å². The Hall–Kier alpha value is -5.06. The number of carbonyl (C=O) groups excluding carboxylic acids is 2. The first-order chi connectivity index (χ1) is 20.7. The molecule has 2 unspecified atom stereocenters. The number of nitrogens with zero attached hydrogens (tertiary/aromatic N) is 7. The molecule has 0 spiro atoms. The lowest BCUT2D eigenvalue weighted by molar-refractivity contribution is -0.389. The second-order valence-corrected chi connectivity index (χ2v) is 10.0. The van der Waals surface area contributed by atoms with E-state index in [4.69, 9.17) is 18.9 Å². The number of morpholine rings is 1. The summed E-state index contributed by atoms with van der Waals surface area (Å²) in [6, 6.07) is 4.55. The molecule has 0 aliphatic carbocycles. The quantitative estimate of drug-likeness (QED) is 0.293. The van der Waals surface area contributed by atoms with Crippen molar-refractivity contribution in [1.29, 1.82) is 0 Å². The Labute approximate surface area is 243 Å². The summed E-state index contributed by atoms with van der Waals surface area (Å²) in [6.07, 6.45) is 0.986. The number of hydrogen-bond donors (Lipinski definition) is 1. The molecule has 3 aromatic rings. The van der Waals surface area contributed by atoms with Crippen LogP contribution in [0, 0.1) is 15.9 Å². The van der Waals surface area contributed by atoms with Gasteiger partial charge in [0.15, 0.2) is 6.10 Å². The van der Waals surface area contributed by atoms with Gasteiger partial charge in [-0.3, -0.25) is 14.3 Å². The lowest BCUT2D eigenvalue weighted by Gasteiger charge is -2.30. The number of fused-ring (bicyclic) bond motifs is 1. The van der Waals surface area contributed by atoms with Gasteiger partial charge >= 0.3 is 23.9 Å². The van der Waals surface area contributed by atoms with Crippen molar-refractivity contribution in [3.8, 4) is 23.1 Å². The highest BCUT2D eigenvalue weighted by Gasteiger charge is 2.33. The van der Waals surface area contributed by atoms with E-state index in [1.807, 2.05) is 4.90 Å². The molecule has 2 atom stereocenters.